The first-order valence-corrected chi connectivity index (χ1v) is 14.8. The van der Waals surface area contributed by atoms with Gasteiger partial charge in [0, 0.05) is 25.2 Å². The van der Waals surface area contributed by atoms with Gasteiger partial charge in [0.1, 0.15) is 17.3 Å². The number of carbonyl (C=O) groups excluding carboxylic acids is 1. The highest BCUT2D eigenvalue weighted by molar-refractivity contribution is 5.97. The smallest absolute Gasteiger partial charge is 0.278 e. The minimum absolute atomic E-state index is 0.0433. The molecular weight excluding hydrogens is 581 g/mol. The number of hydrogen-bond acceptors (Lipinski definition) is 9. The lowest BCUT2D eigenvalue weighted by atomic mass is 9.88. The average molecular weight is 618 g/mol. The van der Waals surface area contributed by atoms with Gasteiger partial charge >= 0.3 is 0 Å². The second-order valence-corrected chi connectivity index (χ2v) is 11.7. The minimum Gasteiger partial charge on any atom is -0.444 e. The highest BCUT2D eigenvalue weighted by Gasteiger charge is 2.43. The Kier molecular flexibility index (Phi) is 8.06. The molecule has 4 heterocycles. The Bertz CT molecular complexity index is 1790. The summed E-state index contributed by atoms with van der Waals surface area (Å²) < 4.78 is 35.2. The van der Waals surface area contributed by atoms with Crippen LogP contribution in [0.1, 0.15) is 65.6 Å². The number of benzene rings is 2. The van der Waals surface area contributed by atoms with Crippen molar-refractivity contribution in [2.24, 2.45) is 16.6 Å². The quantitative estimate of drug-likeness (QED) is 0.110. The molecule has 0 saturated carbocycles. The number of nitrogens with two attached hydrogens (primary N) is 2. The second-order valence-electron chi connectivity index (χ2n) is 11.7. The molecule has 1 saturated heterocycles. The lowest BCUT2D eigenvalue weighted by molar-refractivity contribution is -0.0712. The summed E-state index contributed by atoms with van der Waals surface area (Å²) in [4.78, 5) is 23.1. The number of nitrogens with zero attached hydrogens (tertiary/aromatic N) is 5. The van der Waals surface area contributed by atoms with Crippen molar-refractivity contribution in [2.75, 3.05) is 20.2 Å². The number of oxime groups is 1. The van der Waals surface area contributed by atoms with Crippen LogP contribution >= 0.6 is 0 Å². The van der Waals surface area contributed by atoms with E-state index < -0.39 is 17.5 Å². The van der Waals surface area contributed by atoms with Gasteiger partial charge in [0.25, 0.3) is 5.79 Å². The first-order valence-electron chi connectivity index (χ1n) is 14.8. The average Bonchev–Trinajstić information content (AvgIpc) is 3.56. The Morgan fingerprint density at radius 1 is 1.22 bits per heavy atom. The fraction of sp³-hybridized carbons (Fsp3) is 0.375. The number of aromatic nitrogens is 3. The van der Waals surface area contributed by atoms with Crippen molar-refractivity contribution in [3.8, 4) is 11.5 Å². The van der Waals surface area contributed by atoms with E-state index in [0.717, 1.165) is 48.9 Å². The molecule has 6 rings (SSSR count). The van der Waals surface area contributed by atoms with Crippen LogP contribution in [0.15, 0.2) is 53.8 Å². The number of hydrogen-bond donors (Lipinski definition) is 3. The molecule has 45 heavy (non-hydrogen) atoms. The van der Waals surface area contributed by atoms with E-state index in [1.807, 2.05) is 25.1 Å². The Labute approximate surface area is 259 Å². The summed E-state index contributed by atoms with van der Waals surface area (Å²) in [6.45, 7) is 6.54. The van der Waals surface area contributed by atoms with Crippen molar-refractivity contribution in [3.05, 3.63) is 82.7 Å². The predicted octanol–water partition coefficient (Wildman–Crippen LogP) is 3.82. The predicted molar refractivity (Wildman–Crippen MR) is 164 cm³/mol. The lowest BCUT2D eigenvalue weighted by Gasteiger charge is -2.32. The van der Waals surface area contributed by atoms with E-state index in [1.54, 1.807) is 26.3 Å². The maximum Gasteiger partial charge on any atom is 0.278 e. The molecule has 236 valence electrons. The van der Waals surface area contributed by atoms with E-state index in [2.05, 4.69) is 19.6 Å². The number of methoxy groups -OCH3 is 1. The van der Waals surface area contributed by atoms with Crippen LogP contribution in [-0.4, -0.2) is 62.7 Å². The number of imidazole rings is 1. The van der Waals surface area contributed by atoms with Crippen molar-refractivity contribution in [1.29, 1.82) is 0 Å². The summed E-state index contributed by atoms with van der Waals surface area (Å²) in [5.74, 6) is -0.541. The van der Waals surface area contributed by atoms with Crippen LogP contribution in [0.2, 0.25) is 0 Å². The highest BCUT2D eigenvalue weighted by atomic mass is 19.1. The molecule has 2 aromatic carbocycles. The molecule has 2 aliphatic heterocycles. The lowest BCUT2D eigenvalue weighted by Crippen LogP contribution is -2.34. The fourth-order valence-electron chi connectivity index (χ4n) is 6.14. The van der Waals surface area contributed by atoms with Gasteiger partial charge < -0.3 is 35.5 Å². The molecular formula is C32H36FN7O5. The number of pyridine rings is 1. The summed E-state index contributed by atoms with van der Waals surface area (Å²) in [5.41, 5.74) is 14.3. The molecule has 12 nitrogen and oxygen atoms in total. The molecule has 1 fully saturated rings. The Balaban J connectivity index is 1.19. The largest absolute Gasteiger partial charge is 0.444 e. The van der Waals surface area contributed by atoms with Gasteiger partial charge in [-0.05, 0) is 69.1 Å². The number of ether oxygens (including phenoxy) is 3. The van der Waals surface area contributed by atoms with Crippen LogP contribution in [-0.2, 0) is 23.6 Å². The first kappa shape index (κ1) is 30.3. The molecule has 0 spiro atoms. The summed E-state index contributed by atoms with van der Waals surface area (Å²) >= 11 is 0. The van der Waals surface area contributed by atoms with E-state index in [9.17, 15) is 4.79 Å². The van der Waals surface area contributed by atoms with E-state index >= 15 is 4.39 Å². The van der Waals surface area contributed by atoms with Gasteiger partial charge in [0.2, 0.25) is 5.91 Å². The normalized spacial score (nSPS) is 19.7. The zero-order chi connectivity index (χ0) is 31.9. The summed E-state index contributed by atoms with van der Waals surface area (Å²) in [6, 6.07) is 11.6. The standard InChI is InChI=1S/C32H36FN7O5/c1-18(43-3)16-40-26-15-36-25(30(34)38-42)14-24(26)37-28(40)17-39-11-9-19(10-12-39)21-5-4-6-27-29(21)45-32(2,44-27)22-8-7-20(31(35)41)13-23(22)33/h4-8,13-15,18-19,42H,9-12,16-17H2,1-3H3,(H2,34,38)(H2,35,41). The SMILES string of the molecule is COC(C)Cn1c(CN2CCC(c3cccc4c3OC(C)(c3ccc(C(N)=O)cc3F)O4)CC2)nc2cc(C(N)=NO)ncc21. The van der Waals surface area contributed by atoms with Gasteiger partial charge in [0.05, 0.1) is 42.0 Å². The van der Waals surface area contributed by atoms with E-state index in [4.69, 9.17) is 35.9 Å². The molecule has 13 heteroatoms. The van der Waals surface area contributed by atoms with Gasteiger partial charge in [-0.1, -0.05) is 17.3 Å². The van der Waals surface area contributed by atoms with Crippen molar-refractivity contribution in [2.45, 2.75) is 57.6 Å². The molecule has 4 aromatic rings. The zero-order valence-electron chi connectivity index (χ0n) is 25.4. The third kappa shape index (κ3) is 5.76. The number of primary amides is 1. The monoisotopic (exact) mass is 617 g/mol. The second kappa shape index (κ2) is 12.0. The maximum absolute atomic E-state index is 15.1. The molecule has 5 N–H and O–H groups in total. The van der Waals surface area contributed by atoms with Crippen LogP contribution < -0.4 is 20.9 Å². The summed E-state index contributed by atoms with van der Waals surface area (Å²) in [6.07, 6.45) is 3.40. The van der Waals surface area contributed by atoms with Crippen LogP contribution in [0, 0.1) is 5.82 Å². The summed E-state index contributed by atoms with van der Waals surface area (Å²) in [7, 11) is 1.68. The minimum atomic E-state index is -1.39. The third-order valence-electron chi connectivity index (χ3n) is 8.67. The van der Waals surface area contributed by atoms with Crippen molar-refractivity contribution in [1.82, 2.24) is 19.4 Å². The van der Waals surface area contributed by atoms with Crippen LogP contribution in [0.5, 0.6) is 11.5 Å². The van der Waals surface area contributed by atoms with Crippen molar-refractivity contribution in [3.63, 3.8) is 0 Å². The number of para-hydroxylation sites is 1. The number of piperidine rings is 1. The molecule has 2 aliphatic rings. The number of fused-ring (bicyclic) bond motifs is 2. The number of carbonyl (C=O) groups is 1. The first-order chi connectivity index (χ1) is 21.6. The molecule has 0 bridgehead atoms. The van der Waals surface area contributed by atoms with Crippen LogP contribution in [0.4, 0.5) is 4.39 Å². The number of amidine groups is 1. The van der Waals surface area contributed by atoms with E-state index in [1.165, 1.54) is 12.1 Å². The topological polar surface area (TPSA) is 163 Å². The van der Waals surface area contributed by atoms with Gasteiger partial charge in [-0.15, -0.1) is 0 Å². The van der Waals surface area contributed by atoms with Crippen LogP contribution in [0.3, 0.4) is 0 Å². The van der Waals surface area contributed by atoms with E-state index in [-0.39, 0.29) is 29.0 Å². The Morgan fingerprint density at radius 3 is 2.69 bits per heavy atom. The molecule has 0 radical (unpaired) electrons. The molecule has 1 amide bonds. The van der Waals surface area contributed by atoms with Gasteiger partial charge in [-0.3, -0.25) is 14.7 Å². The molecule has 2 atom stereocenters. The van der Waals surface area contributed by atoms with Gasteiger partial charge in [-0.25, -0.2) is 9.37 Å². The molecule has 0 aliphatic carbocycles. The number of halogens is 1. The van der Waals surface area contributed by atoms with Gasteiger partial charge in [-0.2, -0.15) is 0 Å². The maximum atomic E-state index is 15.1. The Morgan fingerprint density at radius 2 is 2.00 bits per heavy atom. The third-order valence-corrected chi connectivity index (χ3v) is 8.67. The number of amides is 1. The molecule has 2 aromatic heterocycles. The Hall–Kier alpha value is -4.75. The number of rotatable bonds is 9. The highest BCUT2D eigenvalue weighted by Crippen LogP contribution is 2.49. The van der Waals surface area contributed by atoms with Gasteiger partial charge in [0.15, 0.2) is 17.3 Å². The zero-order valence-corrected chi connectivity index (χ0v) is 25.4. The summed E-state index contributed by atoms with van der Waals surface area (Å²) in [5, 5.41) is 12.1. The number of likely N-dealkylation sites (tertiary alicyclic amines) is 1. The van der Waals surface area contributed by atoms with Crippen LogP contribution in [0.25, 0.3) is 11.0 Å². The van der Waals surface area contributed by atoms with Crippen molar-refractivity contribution < 1.29 is 28.6 Å². The van der Waals surface area contributed by atoms with Crippen molar-refractivity contribution >= 4 is 22.8 Å². The van der Waals surface area contributed by atoms with E-state index in [0.29, 0.717) is 35.8 Å². The molecule has 2 unspecified atom stereocenters. The fourth-order valence-corrected chi connectivity index (χ4v) is 6.14.